The van der Waals surface area contributed by atoms with Crippen molar-refractivity contribution in [2.75, 3.05) is 14.2 Å². The molecule has 1 aromatic carbocycles. The van der Waals surface area contributed by atoms with E-state index in [0.717, 1.165) is 5.56 Å². The first kappa shape index (κ1) is 11.4. The molecule has 0 amide bonds. The van der Waals surface area contributed by atoms with E-state index in [2.05, 4.69) is 0 Å². The molecule has 0 aliphatic heterocycles. The van der Waals surface area contributed by atoms with E-state index < -0.39 is 5.97 Å². The van der Waals surface area contributed by atoms with Crippen LogP contribution in [0.4, 0.5) is 0 Å². The SMILES string of the molecule is COc1cc(C)c(C)c(C(=O)O)c1OC. The highest BCUT2D eigenvalue weighted by Crippen LogP contribution is 2.35. The van der Waals surface area contributed by atoms with Crippen LogP contribution in [0.2, 0.25) is 0 Å². The lowest BCUT2D eigenvalue weighted by molar-refractivity contribution is 0.0691. The number of methoxy groups -OCH3 is 2. The minimum atomic E-state index is -1.01. The van der Waals surface area contributed by atoms with E-state index in [1.54, 1.807) is 13.0 Å². The second kappa shape index (κ2) is 4.21. The first-order valence-electron chi connectivity index (χ1n) is 4.48. The highest BCUT2D eigenvalue weighted by molar-refractivity contribution is 5.94. The maximum atomic E-state index is 11.1. The Kier molecular flexibility index (Phi) is 3.19. The van der Waals surface area contributed by atoms with E-state index in [9.17, 15) is 4.79 Å². The Bertz CT molecular complexity index is 396. The lowest BCUT2D eigenvalue weighted by Crippen LogP contribution is -2.06. The van der Waals surface area contributed by atoms with Crippen molar-refractivity contribution in [3.05, 3.63) is 22.8 Å². The monoisotopic (exact) mass is 210 g/mol. The van der Waals surface area contributed by atoms with E-state index >= 15 is 0 Å². The molecule has 0 saturated heterocycles. The van der Waals surface area contributed by atoms with Gasteiger partial charge in [0.2, 0.25) is 0 Å². The molecule has 82 valence electrons. The van der Waals surface area contributed by atoms with Gasteiger partial charge in [-0.3, -0.25) is 0 Å². The summed E-state index contributed by atoms with van der Waals surface area (Å²) in [5.74, 6) is -0.294. The fourth-order valence-electron chi connectivity index (χ4n) is 1.47. The average Bonchev–Trinajstić information content (AvgIpc) is 2.20. The van der Waals surface area contributed by atoms with Crippen molar-refractivity contribution in [3.63, 3.8) is 0 Å². The third-order valence-electron chi connectivity index (χ3n) is 2.40. The first-order valence-corrected chi connectivity index (χ1v) is 4.48. The molecule has 0 unspecified atom stereocenters. The van der Waals surface area contributed by atoms with E-state index in [1.165, 1.54) is 14.2 Å². The quantitative estimate of drug-likeness (QED) is 0.829. The summed E-state index contributed by atoms with van der Waals surface area (Å²) in [5, 5.41) is 9.09. The van der Waals surface area contributed by atoms with Gasteiger partial charge in [0.05, 0.1) is 14.2 Å². The lowest BCUT2D eigenvalue weighted by Gasteiger charge is -2.14. The highest BCUT2D eigenvalue weighted by Gasteiger charge is 2.20. The zero-order valence-electron chi connectivity index (χ0n) is 9.25. The van der Waals surface area contributed by atoms with Gasteiger partial charge in [0.15, 0.2) is 11.5 Å². The summed E-state index contributed by atoms with van der Waals surface area (Å²) >= 11 is 0. The van der Waals surface area contributed by atoms with Crippen LogP contribution >= 0.6 is 0 Å². The van der Waals surface area contributed by atoms with Crippen LogP contribution in [0.1, 0.15) is 21.5 Å². The molecule has 1 aromatic rings. The smallest absolute Gasteiger partial charge is 0.339 e. The topological polar surface area (TPSA) is 55.8 Å². The van der Waals surface area contributed by atoms with Crippen molar-refractivity contribution in [1.29, 1.82) is 0 Å². The summed E-state index contributed by atoms with van der Waals surface area (Å²) in [6.45, 7) is 3.59. The van der Waals surface area contributed by atoms with Gasteiger partial charge in [0.25, 0.3) is 0 Å². The Labute approximate surface area is 88.4 Å². The van der Waals surface area contributed by atoms with Crippen LogP contribution in [0.25, 0.3) is 0 Å². The molecule has 1 N–H and O–H groups in total. The molecule has 0 fully saturated rings. The molecule has 0 aliphatic carbocycles. The molecule has 15 heavy (non-hydrogen) atoms. The number of hydrogen-bond donors (Lipinski definition) is 1. The van der Waals surface area contributed by atoms with E-state index in [-0.39, 0.29) is 11.3 Å². The minimum Gasteiger partial charge on any atom is -0.493 e. The van der Waals surface area contributed by atoms with Crippen LogP contribution in [0, 0.1) is 13.8 Å². The molecule has 0 spiro atoms. The second-order valence-electron chi connectivity index (χ2n) is 3.23. The molecule has 4 heteroatoms. The molecule has 0 bridgehead atoms. The molecular weight excluding hydrogens is 196 g/mol. The Morgan fingerprint density at radius 2 is 1.87 bits per heavy atom. The summed E-state index contributed by atoms with van der Waals surface area (Å²) in [5.41, 5.74) is 1.72. The largest absolute Gasteiger partial charge is 0.493 e. The summed E-state index contributed by atoms with van der Waals surface area (Å²) in [7, 11) is 2.91. The number of aryl methyl sites for hydroxylation is 1. The minimum absolute atomic E-state index is 0.161. The predicted octanol–water partition coefficient (Wildman–Crippen LogP) is 2.02. The van der Waals surface area contributed by atoms with Crippen molar-refractivity contribution in [1.82, 2.24) is 0 Å². The molecule has 0 aliphatic rings. The Balaban J connectivity index is 3.56. The van der Waals surface area contributed by atoms with Gasteiger partial charge in [-0.2, -0.15) is 0 Å². The summed E-state index contributed by atoms with van der Waals surface area (Å²) in [6.07, 6.45) is 0. The number of carboxylic acids is 1. The van der Waals surface area contributed by atoms with Gasteiger partial charge in [-0.1, -0.05) is 0 Å². The van der Waals surface area contributed by atoms with Gasteiger partial charge < -0.3 is 14.6 Å². The van der Waals surface area contributed by atoms with Crippen molar-refractivity contribution in [3.8, 4) is 11.5 Å². The standard InChI is InChI=1S/C11H14O4/c1-6-5-8(14-3)10(15-4)9(7(6)2)11(12)13/h5H,1-4H3,(H,12,13). The van der Waals surface area contributed by atoms with Gasteiger partial charge in [0.1, 0.15) is 5.56 Å². The number of rotatable bonds is 3. The Morgan fingerprint density at radius 1 is 1.27 bits per heavy atom. The first-order chi connectivity index (χ1) is 7.02. The molecule has 4 nitrogen and oxygen atoms in total. The number of aromatic carboxylic acids is 1. The fraction of sp³-hybridized carbons (Fsp3) is 0.364. The van der Waals surface area contributed by atoms with Crippen molar-refractivity contribution >= 4 is 5.97 Å². The number of hydrogen-bond acceptors (Lipinski definition) is 3. The summed E-state index contributed by atoms with van der Waals surface area (Å²) < 4.78 is 10.1. The zero-order chi connectivity index (χ0) is 11.6. The highest BCUT2D eigenvalue weighted by atomic mass is 16.5. The summed E-state index contributed by atoms with van der Waals surface area (Å²) in [6, 6.07) is 1.76. The van der Waals surface area contributed by atoms with Crippen molar-refractivity contribution in [2.24, 2.45) is 0 Å². The second-order valence-corrected chi connectivity index (χ2v) is 3.23. The van der Waals surface area contributed by atoms with Gasteiger partial charge in [-0.15, -0.1) is 0 Å². The van der Waals surface area contributed by atoms with Crippen LogP contribution in [0.15, 0.2) is 6.07 Å². The molecule has 0 radical (unpaired) electrons. The molecule has 0 atom stereocenters. The van der Waals surface area contributed by atoms with Gasteiger partial charge >= 0.3 is 5.97 Å². The van der Waals surface area contributed by atoms with Crippen molar-refractivity contribution < 1.29 is 19.4 Å². The fourth-order valence-corrected chi connectivity index (χ4v) is 1.47. The van der Waals surface area contributed by atoms with Gasteiger partial charge in [-0.25, -0.2) is 4.79 Å². The van der Waals surface area contributed by atoms with Crippen LogP contribution < -0.4 is 9.47 Å². The van der Waals surface area contributed by atoms with Crippen LogP contribution in [0.5, 0.6) is 11.5 Å². The average molecular weight is 210 g/mol. The van der Waals surface area contributed by atoms with Crippen LogP contribution in [-0.2, 0) is 0 Å². The lowest BCUT2D eigenvalue weighted by atomic mass is 10.0. The third kappa shape index (κ3) is 1.88. The number of carbonyl (C=O) groups is 1. The molecule has 0 heterocycles. The number of ether oxygens (including phenoxy) is 2. The maximum absolute atomic E-state index is 11.1. The van der Waals surface area contributed by atoms with Crippen LogP contribution in [-0.4, -0.2) is 25.3 Å². The van der Waals surface area contributed by atoms with E-state index in [4.69, 9.17) is 14.6 Å². The summed E-state index contributed by atoms with van der Waals surface area (Å²) in [4.78, 5) is 11.1. The van der Waals surface area contributed by atoms with E-state index in [0.29, 0.717) is 11.3 Å². The Morgan fingerprint density at radius 3 is 2.27 bits per heavy atom. The molecule has 1 rings (SSSR count). The maximum Gasteiger partial charge on any atom is 0.339 e. The van der Waals surface area contributed by atoms with Crippen LogP contribution in [0.3, 0.4) is 0 Å². The third-order valence-corrected chi connectivity index (χ3v) is 2.40. The molecule has 0 saturated carbocycles. The van der Waals surface area contributed by atoms with Crippen molar-refractivity contribution in [2.45, 2.75) is 13.8 Å². The number of carboxylic acid groups (broad SMARTS) is 1. The normalized spacial score (nSPS) is 9.87. The predicted molar refractivity (Wildman–Crippen MR) is 56.0 cm³/mol. The molecule has 0 aromatic heterocycles. The zero-order valence-corrected chi connectivity index (χ0v) is 9.25. The number of benzene rings is 1. The molecular formula is C11H14O4. The van der Waals surface area contributed by atoms with E-state index in [1.807, 2.05) is 6.92 Å². The van der Waals surface area contributed by atoms with Gasteiger partial charge in [0, 0.05) is 0 Å². The Hall–Kier alpha value is -1.71. The van der Waals surface area contributed by atoms with Gasteiger partial charge in [-0.05, 0) is 31.0 Å².